The standard InChI is InChI=1S/C9H8ClN5S.CH4O3S/c10-5-1-2-6-8(15-16-14-6)7(5)13-9-11-3-4-12-9;1-5(2,3)4/h1-2H,3-4H2,(H2,11,12,13);1H3,(H,2,3,4). The van der Waals surface area contributed by atoms with E-state index in [2.05, 4.69) is 24.4 Å². The molecule has 1 aliphatic rings. The summed E-state index contributed by atoms with van der Waals surface area (Å²) in [7, 11) is -3.67. The van der Waals surface area contributed by atoms with Crippen LogP contribution in [0.3, 0.4) is 0 Å². The second-order valence-electron chi connectivity index (χ2n) is 4.07. The third kappa shape index (κ3) is 4.77. The number of hydrogen-bond donors (Lipinski definition) is 3. The van der Waals surface area contributed by atoms with Gasteiger partial charge in [0.2, 0.25) is 0 Å². The number of benzene rings is 1. The van der Waals surface area contributed by atoms with E-state index in [9.17, 15) is 8.42 Å². The zero-order valence-electron chi connectivity index (χ0n) is 10.9. The molecule has 0 amide bonds. The Balaban J connectivity index is 0.000000282. The van der Waals surface area contributed by atoms with Crippen LogP contribution in [-0.2, 0) is 10.1 Å². The van der Waals surface area contributed by atoms with Crippen LogP contribution < -0.4 is 10.6 Å². The highest BCUT2D eigenvalue weighted by atomic mass is 35.5. The maximum Gasteiger partial charge on any atom is 0.261 e. The number of guanidine groups is 1. The van der Waals surface area contributed by atoms with Gasteiger partial charge in [-0.1, -0.05) is 11.6 Å². The number of anilines is 1. The highest BCUT2D eigenvalue weighted by Gasteiger charge is 2.13. The molecule has 1 aromatic carbocycles. The molecular formula is C10H12ClN5O3S2. The summed E-state index contributed by atoms with van der Waals surface area (Å²) in [6.45, 7) is 1.64. The van der Waals surface area contributed by atoms with Crippen molar-refractivity contribution in [3.63, 3.8) is 0 Å². The summed E-state index contributed by atoms with van der Waals surface area (Å²) in [4.78, 5) is 4.25. The van der Waals surface area contributed by atoms with Crippen molar-refractivity contribution in [1.82, 2.24) is 14.1 Å². The molecule has 0 aliphatic carbocycles. The molecule has 2 aromatic rings. The van der Waals surface area contributed by atoms with Crippen LogP contribution in [0, 0.1) is 0 Å². The number of halogens is 1. The fourth-order valence-corrected chi connectivity index (χ4v) is 2.29. The Labute approximate surface area is 130 Å². The van der Waals surface area contributed by atoms with Gasteiger partial charge in [0.25, 0.3) is 10.1 Å². The molecule has 8 nitrogen and oxygen atoms in total. The first-order valence-electron chi connectivity index (χ1n) is 5.73. The first-order valence-corrected chi connectivity index (χ1v) is 8.69. The van der Waals surface area contributed by atoms with Crippen molar-refractivity contribution >= 4 is 56.1 Å². The number of fused-ring (bicyclic) bond motifs is 1. The SMILES string of the molecule is CS(=O)(=O)O.Clc1ccc2nsnc2c1NC1=NCCN1. The van der Waals surface area contributed by atoms with Crippen molar-refractivity contribution in [2.24, 2.45) is 4.99 Å². The van der Waals surface area contributed by atoms with Gasteiger partial charge in [-0.2, -0.15) is 17.2 Å². The Kier molecular flexibility index (Phi) is 4.93. The smallest absolute Gasteiger partial charge is 0.261 e. The minimum atomic E-state index is -3.67. The lowest BCUT2D eigenvalue weighted by Gasteiger charge is -2.08. The zero-order valence-corrected chi connectivity index (χ0v) is 13.3. The Hall–Kier alpha value is -1.49. The summed E-state index contributed by atoms with van der Waals surface area (Å²) in [6, 6.07) is 3.67. The van der Waals surface area contributed by atoms with Crippen LogP contribution in [0.2, 0.25) is 5.02 Å². The van der Waals surface area contributed by atoms with Gasteiger partial charge in [-0.25, -0.2) is 0 Å². The van der Waals surface area contributed by atoms with Crippen LogP contribution in [-0.4, -0.2) is 47.0 Å². The number of nitrogens with zero attached hydrogens (tertiary/aromatic N) is 3. The van der Waals surface area contributed by atoms with E-state index in [4.69, 9.17) is 16.2 Å². The predicted octanol–water partition coefficient (Wildman–Crippen LogP) is 1.22. The van der Waals surface area contributed by atoms with Crippen molar-refractivity contribution < 1.29 is 13.0 Å². The summed E-state index contributed by atoms with van der Waals surface area (Å²) in [5.74, 6) is 0.738. The van der Waals surface area contributed by atoms with Crippen LogP contribution in [0.5, 0.6) is 0 Å². The van der Waals surface area contributed by atoms with Gasteiger partial charge >= 0.3 is 0 Å². The molecule has 0 atom stereocenters. The molecule has 3 N–H and O–H groups in total. The van der Waals surface area contributed by atoms with Gasteiger partial charge < -0.3 is 10.6 Å². The molecule has 0 spiro atoms. The minimum Gasteiger partial charge on any atom is -0.354 e. The maximum atomic E-state index is 9.19. The summed E-state index contributed by atoms with van der Waals surface area (Å²) in [5.41, 5.74) is 2.39. The molecule has 3 rings (SSSR count). The van der Waals surface area contributed by atoms with Crippen LogP contribution in [0.15, 0.2) is 17.1 Å². The maximum absolute atomic E-state index is 9.19. The number of hydrogen-bond acceptors (Lipinski definition) is 8. The van der Waals surface area contributed by atoms with Gasteiger partial charge in [0.15, 0.2) is 5.96 Å². The second kappa shape index (κ2) is 6.52. The fourth-order valence-electron chi connectivity index (χ4n) is 1.55. The Morgan fingerprint density at radius 3 is 2.76 bits per heavy atom. The molecular weight excluding hydrogens is 338 g/mol. The molecule has 0 saturated carbocycles. The molecule has 114 valence electrons. The lowest BCUT2D eigenvalue weighted by Crippen LogP contribution is -2.26. The zero-order chi connectivity index (χ0) is 15.5. The third-order valence-electron chi connectivity index (χ3n) is 2.29. The van der Waals surface area contributed by atoms with E-state index in [1.807, 2.05) is 12.1 Å². The van der Waals surface area contributed by atoms with Crippen molar-refractivity contribution in [1.29, 1.82) is 0 Å². The summed E-state index contributed by atoms with van der Waals surface area (Å²) in [6.07, 6.45) is 0.715. The van der Waals surface area contributed by atoms with Crippen LogP contribution in [0.1, 0.15) is 0 Å². The van der Waals surface area contributed by atoms with Gasteiger partial charge in [0, 0.05) is 6.54 Å². The third-order valence-corrected chi connectivity index (χ3v) is 3.15. The van der Waals surface area contributed by atoms with Crippen molar-refractivity contribution in [2.45, 2.75) is 0 Å². The monoisotopic (exact) mass is 349 g/mol. The largest absolute Gasteiger partial charge is 0.354 e. The number of nitrogens with one attached hydrogen (secondary N) is 2. The first-order chi connectivity index (χ1) is 9.84. The minimum absolute atomic E-state index is 0.622. The quantitative estimate of drug-likeness (QED) is 0.662. The number of aromatic nitrogens is 2. The molecule has 11 heteroatoms. The molecule has 0 radical (unpaired) electrons. The van der Waals surface area contributed by atoms with Crippen molar-refractivity contribution in [3.8, 4) is 0 Å². The molecule has 0 bridgehead atoms. The van der Waals surface area contributed by atoms with Gasteiger partial charge in [-0.3, -0.25) is 9.55 Å². The molecule has 0 unspecified atom stereocenters. The molecule has 0 fully saturated rings. The Bertz CT molecular complexity index is 766. The molecule has 1 aromatic heterocycles. The van der Waals surface area contributed by atoms with E-state index in [0.717, 1.165) is 35.8 Å². The number of rotatable bonds is 1. The highest BCUT2D eigenvalue weighted by molar-refractivity contribution is 7.85. The summed E-state index contributed by atoms with van der Waals surface area (Å²) < 4.78 is 34.3. The van der Waals surface area contributed by atoms with E-state index in [-0.39, 0.29) is 0 Å². The second-order valence-corrected chi connectivity index (χ2v) is 6.47. The van der Waals surface area contributed by atoms with E-state index in [0.29, 0.717) is 11.3 Å². The van der Waals surface area contributed by atoms with Crippen molar-refractivity contribution in [3.05, 3.63) is 17.2 Å². The van der Waals surface area contributed by atoms with Crippen LogP contribution >= 0.6 is 23.3 Å². The van der Waals surface area contributed by atoms with Gasteiger partial charge in [0.1, 0.15) is 11.0 Å². The lowest BCUT2D eigenvalue weighted by atomic mass is 10.2. The van der Waals surface area contributed by atoms with E-state index >= 15 is 0 Å². The average Bonchev–Trinajstić information content (AvgIpc) is 3.01. The van der Waals surface area contributed by atoms with E-state index in [1.165, 1.54) is 11.7 Å². The van der Waals surface area contributed by atoms with E-state index in [1.54, 1.807) is 0 Å². The van der Waals surface area contributed by atoms with Crippen molar-refractivity contribution in [2.75, 3.05) is 24.7 Å². The summed E-state index contributed by atoms with van der Waals surface area (Å²) in [5, 5.41) is 6.90. The predicted molar refractivity (Wildman–Crippen MR) is 83.8 cm³/mol. The molecule has 1 aliphatic heterocycles. The average molecular weight is 350 g/mol. The normalized spacial score (nSPS) is 14.1. The Morgan fingerprint density at radius 2 is 2.14 bits per heavy atom. The van der Waals surface area contributed by atoms with Crippen LogP contribution in [0.4, 0.5) is 5.69 Å². The topological polar surface area (TPSA) is 117 Å². The van der Waals surface area contributed by atoms with Gasteiger partial charge in [0.05, 0.1) is 35.2 Å². The van der Waals surface area contributed by atoms with Gasteiger partial charge in [-0.05, 0) is 12.1 Å². The highest BCUT2D eigenvalue weighted by Crippen LogP contribution is 2.29. The van der Waals surface area contributed by atoms with E-state index < -0.39 is 10.1 Å². The molecule has 21 heavy (non-hydrogen) atoms. The summed E-state index contributed by atoms with van der Waals surface area (Å²) >= 11 is 7.30. The molecule has 0 saturated heterocycles. The van der Waals surface area contributed by atoms with Crippen LogP contribution in [0.25, 0.3) is 11.0 Å². The molecule has 2 heterocycles. The first kappa shape index (κ1) is 15.9. The Morgan fingerprint density at radius 1 is 1.43 bits per heavy atom. The fraction of sp³-hybridized carbons (Fsp3) is 0.300. The van der Waals surface area contributed by atoms with Gasteiger partial charge in [-0.15, -0.1) is 0 Å². The lowest BCUT2D eigenvalue weighted by molar-refractivity contribution is 0.490. The number of aliphatic imine (C=N–C) groups is 1.